The number of nitrogens with zero attached hydrogens (tertiary/aromatic N) is 3. The summed E-state index contributed by atoms with van der Waals surface area (Å²) in [6.07, 6.45) is 2.34. The molecule has 0 saturated carbocycles. The summed E-state index contributed by atoms with van der Waals surface area (Å²) in [7, 11) is -0.552. The van der Waals surface area contributed by atoms with Crippen molar-refractivity contribution in [1.29, 1.82) is 0 Å². The minimum absolute atomic E-state index is 0.0529. The number of anilines is 1. The molecule has 1 rings (SSSR count). The van der Waals surface area contributed by atoms with Crippen molar-refractivity contribution >= 4 is 15.8 Å². The Hall–Kier alpha value is -1.08. The van der Waals surface area contributed by atoms with Crippen LogP contribution in [0.1, 0.15) is 13.3 Å². The van der Waals surface area contributed by atoms with Crippen LogP contribution in [-0.4, -0.2) is 36.6 Å². The third kappa shape index (κ3) is 2.29. The largest absolute Gasteiger partial charge is 0.381 e. The highest BCUT2D eigenvalue weighted by atomic mass is 32.2. The summed E-state index contributed by atoms with van der Waals surface area (Å²) in [6, 6.07) is 0. The van der Waals surface area contributed by atoms with Crippen molar-refractivity contribution in [3.8, 4) is 0 Å². The second-order valence-corrected chi connectivity index (χ2v) is 5.55. The van der Waals surface area contributed by atoms with E-state index in [9.17, 15) is 8.42 Å². The fourth-order valence-electron chi connectivity index (χ4n) is 1.16. The zero-order valence-electron chi connectivity index (χ0n) is 9.14. The van der Waals surface area contributed by atoms with Crippen molar-refractivity contribution in [2.45, 2.75) is 24.8 Å². The summed E-state index contributed by atoms with van der Waals surface area (Å²) in [6.45, 7) is 2.64. The normalized spacial score (nSPS) is 12.3. The van der Waals surface area contributed by atoms with Gasteiger partial charge >= 0.3 is 0 Å². The van der Waals surface area contributed by atoms with E-state index in [1.807, 2.05) is 6.92 Å². The summed E-state index contributed by atoms with van der Waals surface area (Å²) >= 11 is 0. The molecular formula is C8H16N4O2S. The average molecular weight is 232 g/mol. The van der Waals surface area contributed by atoms with Crippen LogP contribution in [0.5, 0.6) is 0 Å². The van der Waals surface area contributed by atoms with E-state index in [-0.39, 0.29) is 10.7 Å². The maximum absolute atomic E-state index is 11.8. The van der Waals surface area contributed by atoms with Gasteiger partial charge in [0, 0.05) is 26.8 Å². The Morgan fingerprint density at radius 1 is 1.53 bits per heavy atom. The van der Waals surface area contributed by atoms with Crippen molar-refractivity contribution in [1.82, 2.24) is 14.1 Å². The van der Waals surface area contributed by atoms with Gasteiger partial charge in [-0.15, -0.1) is 0 Å². The first kappa shape index (κ1) is 12.0. The summed E-state index contributed by atoms with van der Waals surface area (Å²) in [5, 5.41) is 3.94. The lowest BCUT2D eigenvalue weighted by Gasteiger charge is -2.09. The monoisotopic (exact) mass is 232 g/mol. The number of aromatic nitrogens is 2. The highest BCUT2D eigenvalue weighted by Crippen LogP contribution is 2.19. The van der Waals surface area contributed by atoms with E-state index in [1.54, 1.807) is 4.68 Å². The topological polar surface area (TPSA) is 81.2 Å². The third-order valence-electron chi connectivity index (χ3n) is 1.97. The van der Waals surface area contributed by atoms with Gasteiger partial charge in [-0.2, -0.15) is 5.10 Å². The smallest absolute Gasteiger partial charge is 0.247 e. The van der Waals surface area contributed by atoms with Gasteiger partial charge in [0.15, 0.2) is 5.82 Å². The Morgan fingerprint density at radius 2 is 2.13 bits per heavy atom. The molecule has 6 nitrogen and oxygen atoms in total. The van der Waals surface area contributed by atoms with Gasteiger partial charge in [0.2, 0.25) is 10.0 Å². The van der Waals surface area contributed by atoms with Crippen LogP contribution in [0, 0.1) is 0 Å². The number of hydrogen-bond acceptors (Lipinski definition) is 4. The number of hydrogen-bond donors (Lipinski definition) is 1. The van der Waals surface area contributed by atoms with E-state index in [4.69, 9.17) is 5.73 Å². The first-order valence-electron chi connectivity index (χ1n) is 4.65. The van der Waals surface area contributed by atoms with Gasteiger partial charge < -0.3 is 5.73 Å². The van der Waals surface area contributed by atoms with Crippen LogP contribution in [0.15, 0.2) is 11.1 Å². The lowest BCUT2D eigenvalue weighted by atomic mass is 10.5. The van der Waals surface area contributed by atoms with Gasteiger partial charge in [0.25, 0.3) is 0 Å². The molecule has 0 amide bonds. The SMILES string of the molecule is CCCn1cc(S(=O)(=O)N(C)C)c(N)n1. The van der Waals surface area contributed by atoms with Gasteiger partial charge in [-0.1, -0.05) is 6.92 Å². The lowest BCUT2D eigenvalue weighted by molar-refractivity contribution is 0.520. The molecule has 0 spiro atoms. The Morgan fingerprint density at radius 3 is 2.60 bits per heavy atom. The van der Waals surface area contributed by atoms with Crippen molar-refractivity contribution < 1.29 is 8.42 Å². The van der Waals surface area contributed by atoms with Crippen LogP contribution in [0.3, 0.4) is 0 Å². The molecule has 0 radical (unpaired) electrons. The van der Waals surface area contributed by atoms with Gasteiger partial charge in [-0.25, -0.2) is 12.7 Å². The minimum atomic E-state index is -3.48. The number of aryl methyl sites for hydroxylation is 1. The van der Waals surface area contributed by atoms with Gasteiger partial charge in [-0.3, -0.25) is 4.68 Å². The predicted molar refractivity (Wildman–Crippen MR) is 57.8 cm³/mol. The molecule has 1 aromatic heterocycles. The number of rotatable bonds is 4. The van der Waals surface area contributed by atoms with Crippen LogP contribution < -0.4 is 5.73 Å². The zero-order chi connectivity index (χ0) is 11.6. The highest BCUT2D eigenvalue weighted by molar-refractivity contribution is 7.89. The Labute approximate surface area is 89.7 Å². The average Bonchev–Trinajstić information content (AvgIpc) is 2.47. The highest BCUT2D eigenvalue weighted by Gasteiger charge is 2.23. The molecule has 0 aliphatic rings. The third-order valence-corrected chi connectivity index (χ3v) is 3.80. The maximum atomic E-state index is 11.8. The summed E-state index contributed by atoms with van der Waals surface area (Å²) < 4.78 is 26.2. The molecule has 15 heavy (non-hydrogen) atoms. The van der Waals surface area contributed by atoms with E-state index >= 15 is 0 Å². The predicted octanol–water partition coefficient (Wildman–Crippen LogP) is 0.126. The zero-order valence-corrected chi connectivity index (χ0v) is 9.95. The molecule has 0 atom stereocenters. The Bertz CT molecular complexity index is 435. The van der Waals surface area contributed by atoms with Crippen LogP contribution in [-0.2, 0) is 16.6 Å². The van der Waals surface area contributed by atoms with Crippen molar-refractivity contribution in [2.75, 3.05) is 19.8 Å². The first-order valence-corrected chi connectivity index (χ1v) is 6.09. The van der Waals surface area contributed by atoms with E-state index in [0.29, 0.717) is 6.54 Å². The second kappa shape index (κ2) is 4.19. The Balaban J connectivity index is 3.16. The van der Waals surface area contributed by atoms with Crippen LogP contribution >= 0.6 is 0 Å². The molecule has 0 aliphatic carbocycles. The van der Waals surface area contributed by atoms with Crippen molar-refractivity contribution in [3.05, 3.63) is 6.20 Å². The van der Waals surface area contributed by atoms with E-state index in [0.717, 1.165) is 10.7 Å². The number of sulfonamides is 1. The lowest BCUT2D eigenvalue weighted by Crippen LogP contribution is -2.22. The van der Waals surface area contributed by atoms with Gasteiger partial charge in [-0.05, 0) is 6.42 Å². The van der Waals surface area contributed by atoms with Crippen LogP contribution in [0.4, 0.5) is 5.82 Å². The summed E-state index contributed by atoms with van der Waals surface area (Å²) in [4.78, 5) is 0.0703. The molecule has 7 heteroatoms. The van der Waals surface area contributed by atoms with Crippen LogP contribution in [0.2, 0.25) is 0 Å². The molecule has 1 aromatic rings. The molecule has 2 N–H and O–H groups in total. The summed E-state index contributed by atoms with van der Waals surface area (Å²) in [5.74, 6) is 0.0529. The fourth-order valence-corrected chi connectivity index (χ4v) is 2.11. The first-order chi connectivity index (χ1) is 6.89. The maximum Gasteiger partial charge on any atom is 0.247 e. The number of nitrogens with two attached hydrogens (primary N) is 1. The molecule has 0 bridgehead atoms. The Kier molecular flexibility index (Phi) is 3.35. The van der Waals surface area contributed by atoms with Gasteiger partial charge in [0.05, 0.1) is 0 Å². The van der Waals surface area contributed by atoms with Crippen molar-refractivity contribution in [2.24, 2.45) is 0 Å². The van der Waals surface area contributed by atoms with Gasteiger partial charge in [0.1, 0.15) is 4.90 Å². The van der Waals surface area contributed by atoms with Crippen molar-refractivity contribution in [3.63, 3.8) is 0 Å². The van der Waals surface area contributed by atoms with E-state index in [1.165, 1.54) is 20.3 Å². The molecule has 1 heterocycles. The van der Waals surface area contributed by atoms with Crippen LogP contribution in [0.25, 0.3) is 0 Å². The second-order valence-electron chi connectivity index (χ2n) is 3.43. The summed E-state index contributed by atoms with van der Waals surface area (Å²) in [5.41, 5.74) is 5.56. The molecule has 0 unspecified atom stereocenters. The standard InChI is InChI=1S/C8H16N4O2S/c1-4-5-12-6-7(8(9)10-12)15(13,14)11(2)3/h6H,4-5H2,1-3H3,(H2,9,10). The van der Waals surface area contributed by atoms with E-state index < -0.39 is 10.0 Å². The molecule has 0 aromatic carbocycles. The molecule has 0 aliphatic heterocycles. The molecule has 0 saturated heterocycles. The van der Waals surface area contributed by atoms with E-state index in [2.05, 4.69) is 5.10 Å². The number of nitrogen functional groups attached to an aromatic ring is 1. The molecule has 86 valence electrons. The quantitative estimate of drug-likeness (QED) is 0.799. The fraction of sp³-hybridized carbons (Fsp3) is 0.625. The molecular weight excluding hydrogens is 216 g/mol. The minimum Gasteiger partial charge on any atom is -0.381 e. The molecule has 0 fully saturated rings.